The Labute approximate surface area is 363 Å². The minimum Gasteiger partial charge on any atom is -0.462 e. The molecule has 330 valence electrons. The first kappa shape index (κ1) is 43.9. The molecule has 0 radical (unpaired) electrons. The van der Waals surface area contributed by atoms with E-state index in [1.54, 1.807) is 50.4 Å². The van der Waals surface area contributed by atoms with Crippen LogP contribution in [0.3, 0.4) is 0 Å². The number of guanidine groups is 1. The van der Waals surface area contributed by atoms with Crippen LogP contribution in [0.5, 0.6) is 0 Å². The lowest BCUT2D eigenvalue weighted by molar-refractivity contribution is -0.147. The van der Waals surface area contributed by atoms with Gasteiger partial charge in [0.25, 0.3) is 5.91 Å². The molecule has 10 bridgehead atoms. The topological polar surface area (TPSA) is 321 Å². The van der Waals surface area contributed by atoms with Crippen molar-refractivity contribution in [2.45, 2.75) is 71.1 Å². The number of thiazole rings is 1. The Bertz CT molecular complexity index is 2590. The third-order valence-electron chi connectivity index (χ3n) is 10.1. The van der Waals surface area contributed by atoms with Crippen molar-refractivity contribution in [3.8, 4) is 56.8 Å². The fraction of sp³-hybridized carbons (Fsp3) is 0.366. The van der Waals surface area contributed by atoms with Crippen LogP contribution in [0.2, 0.25) is 0 Å². The number of esters is 1. The van der Waals surface area contributed by atoms with Gasteiger partial charge in [0.2, 0.25) is 35.4 Å². The van der Waals surface area contributed by atoms with Crippen LogP contribution in [0, 0.1) is 11.8 Å². The van der Waals surface area contributed by atoms with Crippen molar-refractivity contribution in [1.82, 2.24) is 40.9 Å². The number of nitrogens with one attached hydrogen (secondary N) is 3. The Morgan fingerprint density at radius 1 is 0.841 bits per heavy atom. The van der Waals surface area contributed by atoms with E-state index in [4.69, 9.17) is 39.6 Å². The van der Waals surface area contributed by atoms with Gasteiger partial charge in [-0.05, 0) is 24.7 Å². The molecule has 0 saturated carbocycles. The second-order valence-electron chi connectivity index (χ2n) is 15.1. The molecule has 0 aliphatic carbocycles. The Morgan fingerprint density at radius 2 is 1.52 bits per heavy atom. The Balaban J connectivity index is 1.25. The largest absolute Gasteiger partial charge is 0.462 e. The molecule has 3 amide bonds. The molecule has 2 unspecified atom stereocenters. The summed E-state index contributed by atoms with van der Waals surface area (Å²) in [6.07, 6.45) is 5.08. The maximum Gasteiger partial charge on any atom is 0.322 e. The summed E-state index contributed by atoms with van der Waals surface area (Å²) in [6, 6.07) is 4.37. The molecular formula is C41H46N12O9S. The zero-order chi connectivity index (χ0) is 44.8. The maximum absolute atomic E-state index is 14.2. The molecule has 0 spiro atoms. The van der Waals surface area contributed by atoms with Crippen LogP contribution in [0.4, 0.5) is 0 Å². The van der Waals surface area contributed by atoms with E-state index in [0.29, 0.717) is 34.8 Å². The second kappa shape index (κ2) is 19.2. The van der Waals surface area contributed by atoms with E-state index in [0.717, 1.165) is 0 Å². The van der Waals surface area contributed by atoms with Crippen LogP contribution < -0.4 is 33.2 Å². The number of carbonyl (C=O) groups excluding carboxylic acids is 4. The van der Waals surface area contributed by atoms with E-state index in [9.17, 15) is 19.2 Å². The Kier molecular flexibility index (Phi) is 13.4. The van der Waals surface area contributed by atoms with E-state index in [1.165, 1.54) is 30.1 Å². The van der Waals surface area contributed by atoms with E-state index in [1.807, 2.05) is 13.0 Å². The number of hydrogen-bond donors (Lipinski definition) is 6. The average Bonchev–Trinajstić information content (AvgIpc) is 4.13. The van der Waals surface area contributed by atoms with Crippen LogP contribution in [0.25, 0.3) is 56.8 Å². The highest BCUT2D eigenvalue weighted by Crippen LogP contribution is 2.34. The highest BCUT2D eigenvalue weighted by atomic mass is 32.1. The molecule has 21 nitrogen and oxygen atoms in total. The SMILES string of the molecule is CC[C@H](C)[C@H]1NC(=O)c2nc(oc2-c2ccccc2)-c2coc(n2)-c2csc(n2)-c2coc(n2)-c2coc(n2)C(COC(=O)C(N)CCCN=C(N)N)NC(=O)[C@@H](C(C)C)NC1=O. The number of nitrogens with zero attached hydrogens (tertiary/aromatic N) is 6. The maximum atomic E-state index is 14.2. The lowest BCUT2D eigenvalue weighted by Crippen LogP contribution is -2.57. The van der Waals surface area contributed by atoms with Gasteiger partial charge in [-0.2, -0.15) is 0 Å². The molecule has 1 aliphatic rings. The highest BCUT2D eigenvalue weighted by molar-refractivity contribution is 7.13. The van der Waals surface area contributed by atoms with Gasteiger partial charge in [0.1, 0.15) is 66.0 Å². The molecular weight excluding hydrogens is 837 g/mol. The predicted molar refractivity (Wildman–Crippen MR) is 227 cm³/mol. The first-order valence-corrected chi connectivity index (χ1v) is 21.0. The molecule has 0 fully saturated rings. The third kappa shape index (κ3) is 10.1. The summed E-state index contributed by atoms with van der Waals surface area (Å²) < 4.78 is 29.1. The highest BCUT2D eigenvalue weighted by Gasteiger charge is 2.35. The number of aromatic nitrogens is 5. The van der Waals surface area contributed by atoms with E-state index >= 15 is 0 Å². The lowest BCUT2D eigenvalue weighted by atomic mass is 9.96. The minimum atomic E-state index is -1.18. The number of benzene rings is 1. The van der Waals surface area contributed by atoms with Gasteiger partial charge in [-0.3, -0.25) is 24.2 Å². The number of hydrogen-bond acceptors (Lipinski definition) is 17. The van der Waals surface area contributed by atoms with Crippen molar-refractivity contribution >= 4 is 41.0 Å². The molecule has 22 heteroatoms. The first-order valence-electron chi connectivity index (χ1n) is 20.1. The summed E-state index contributed by atoms with van der Waals surface area (Å²) in [4.78, 5) is 82.4. The lowest BCUT2D eigenvalue weighted by Gasteiger charge is -2.28. The number of amides is 3. The predicted octanol–water partition coefficient (Wildman–Crippen LogP) is 3.81. The van der Waals surface area contributed by atoms with Gasteiger partial charge in [0.05, 0.1) is 0 Å². The fourth-order valence-electron chi connectivity index (χ4n) is 6.42. The smallest absolute Gasteiger partial charge is 0.322 e. The molecule has 1 aromatic carbocycles. The van der Waals surface area contributed by atoms with Gasteiger partial charge in [-0.1, -0.05) is 64.4 Å². The van der Waals surface area contributed by atoms with Crippen molar-refractivity contribution in [3.05, 3.63) is 66.1 Å². The van der Waals surface area contributed by atoms with Gasteiger partial charge in [-0.25, -0.2) is 24.9 Å². The molecule has 6 aromatic rings. The van der Waals surface area contributed by atoms with Gasteiger partial charge >= 0.3 is 5.97 Å². The normalized spacial score (nSPS) is 17.8. The zero-order valence-electron chi connectivity index (χ0n) is 34.7. The third-order valence-corrected chi connectivity index (χ3v) is 11.0. The van der Waals surface area contributed by atoms with Crippen LogP contribution in [-0.4, -0.2) is 85.8 Å². The summed E-state index contributed by atoms with van der Waals surface area (Å²) in [5, 5.41) is 10.7. The second-order valence-corrected chi connectivity index (χ2v) is 15.9. The van der Waals surface area contributed by atoms with Gasteiger partial charge < -0.3 is 55.6 Å². The van der Waals surface area contributed by atoms with Crippen LogP contribution in [0.15, 0.2) is 77.2 Å². The zero-order valence-corrected chi connectivity index (χ0v) is 35.5. The van der Waals surface area contributed by atoms with E-state index < -0.39 is 66.3 Å². The molecule has 6 heterocycles. The van der Waals surface area contributed by atoms with Crippen LogP contribution >= 0.6 is 11.3 Å². The summed E-state index contributed by atoms with van der Waals surface area (Å²) in [5.41, 5.74) is 18.4. The molecule has 1 aliphatic heterocycles. The van der Waals surface area contributed by atoms with Gasteiger partial charge in [0.15, 0.2) is 28.8 Å². The standard InChI is InChI=1S/C41H46N12O9S/c1-5-20(4)29-33(55)51-28(19(2)3)32(54)46-23(16-61-40(57)22(42)12-9-13-45-41(43)44)35-47-24(14-58-35)36-49-26(17-60-36)39-50-27(18-63-39)37-48-25(15-59-37)38-53-30(34(56)52-29)31(62-38)21-10-7-6-8-11-21/h6-8,10-11,14-15,17-20,22-23,28-29H,5,9,12-13,16,42H2,1-4H3,(H,46,54)(H,51,55)(H,52,56)(H4,43,44,45)/t20-,22?,23?,28+,29+/m0/s1. The van der Waals surface area contributed by atoms with E-state index in [-0.39, 0.29) is 65.3 Å². The number of ether oxygens (including phenoxy) is 1. The Hall–Kier alpha value is -7.20. The number of nitrogens with two attached hydrogens (primary N) is 3. The van der Waals surface area contributed by atoms with Gasteiger partial charge in [0, 0.05) is 17.5 Å². The number of rotatable bonds is 11. The number of fused-ring (bicyclic) bond motifs is 14. The summed E-state index contributed by atoms with van der Waals surface area (Å²) in [7, 11) is 0. The summed E-state index contributed by atoms with van der Waals surface area (Å²) in [6.45, 7) is 6.94. The van der Waals surface area contributed by atoms with Crippen LogP contribution in [0.1, 0.15) is 69.4 Å². The molecule has 5 atom stereocenters. The summed E-state index contributed by atoms with van der Waals surface area (Å²) in [5.74, 6) is -3.49. The quantitative estimate of drug-likeness (QED) is 0.0466. The Morgan fingerprint density at radius 3 is 2.25 bits per heavy atom. The molecule has 0 saturated heterocycles. The number of oxazole rings is 4. The number of aliphatic imine (C=N–C) groups is 1. The van der Waals surface area contributed by atoms with Gasteiger partial charge in [-0.15, -0.1) is 11.3 Å². The van der Waals surface area contributed by atoms with Crippen molar-refractivity contribution < 1.29 is 41.6 Å². The average molecular weight is 883 g/mol. The van der Waals surface area contributed by atoms with Crippen molar-refractivity contribution in [1.29, 1.82) is 0 Å². The molecule has 7 rings (SSSR count). The summed E-state index contributed by atoms with van der Waals surface area (Å²) >= 11 is 1.25. The molecule has 9 N–H and O–H groups in total. The number of carbonyl (C=O) groups is 4. The minimum absolute atomic E-state index is 0.0156. The van der Waals surface area contributed by atoms with E-state index in [2.05, 4.69) is 45.9 Å². The van der Waals surface area contributed by atoms with Crippen molar-refractivity contribution in [3.63, 3.8) is 0 Å². The molecule has 63 heavy (non-hydrogen) atoms. The monoisotopic (exact) mass is 882 g/mol. The van der Waals surface area contributed by atoms with Crippen LogP contribution in [-0.2, 0) is 19.1 Å². The fourth-order valence-corrected chi connectivity index (χ4v) is 7.16. The van der Waals surface area contributed by atoms with Crippen molar-refractivity contribution in [2.24, 2.45) is 34.0 Å². The van der Waals surface area contributed by atoms with Crippen molar-refractivity contribution in [2.75, 3.05) is 13.2 Å². The first-order chi connectivity index (χ1) is 30.3. The molecule has 5 aromatic heterocycles.